The molecule has 2 heterocycles. The number of methoxy groups -OCH3 is 1. The molecule has 5 rings (SSSR count). The summed E-state index contributed by atoms with van der Waals surface area (Å²) in [6.07, 6.45) is 2.62. The molecule has 2 unspecified atom stereocenters. The van der Waals surface area contributed by atoms with Gasteiger partial charge in [0.15, 0.2) is 0 Å². The van der Waals surface area contributed by atoms with Crippen molar-refractivity contribution in [1.82, 2.24) is 4.90 Å². The average molecular weight is 545 g/mol. The number of benzene rings is 2. The minimum absolute atomic E-state index is 0.114. The van der Waals surface area contributed by atoms with E-state index in [1.807, 2.05) is 30.3 Å². The number of fused-ring (bicyclic) bond motifs is 2. The first-order valence-electron chi connectivity index (χ1n) is 13.1. The molecule has 0 saturated heterocycles. The molecule has 202 valence electrons. The van der Waals surface area contributed by atoms with E-state index in [4.69, 9.17) is 4.74 Å². The Balaban J connectivity index is 1.51. The molecular formula is C31H32N2O5S. The highest BCUT2D eigenvalue weighted by molar-refractivity contribution is 7.17. The lowest BCUT2D eigenvalue weighted by molar-refractivity contribution is -0.119. The van der Waals surface area contributed by atoms with Crippen LogP contribution >= 0.6 is 11.3 Å². The van der Waals surface area contributed by atoms with E-state index < -0.39 is 29.7 Å². The van der Waals surface area contributed by atoms with Gasteiger partial charge in [0.25, 0.3) is 11.8 Å². The van der Waals surface area contributed by atoms with Gasteiger partial charge in [0, 0.05) is 11.3 Å². The van der Waals surface area contributed by atoms with Crippen molar-refractivity contribution in [3.05, 3.63) is 87.3 Å². The number of rotatable bonds is 6. The Kier molecular flexibility index (Phi) is 7.16. The van der Waals surface area contributed by atoms with E-state index in [-0.39, 0.29) is 23.0 Å². The SMILES string of the molecule is COC(=O)c1c(NC(=O)C(Cc2ccccc2)N2C(=O)c3ccccc3C2=O)sc2c1CCC(C(C)(C)C)C2. The van der Waals surface area contributed by atoms with E-state index in [0.29, 0.717) is 16.5 Å². The zero-order valence-corrected chi connectivity index (χ0v) is 23.4. The van der Waals surface area contributed by atoms with Crippen LogP contribution in [0.15, 0.2) is 54.6 Å². The smallest absolute Gasteiger partial charge is 0.341 e. The van der Waals surface area contributed by atoms with Crippen molar-refractivity contribution in [3.63, 3.8) is 0 Å². The molecule has 0 spiro atoms. The summed E-state index contributed by atoms with van der Waals surface area (Å²) in [5, 5.41) is 3.34. The van der Waals surface area contributed by atoms with E-state index in [1.165, 1.54) is 18.4 Å². The highest BCUT2D eigenvalue weighted by Crippen LogP contribution is 2.44. The van der Waals surface area contributed by atoms with Crippen LogP contribution in [0.4, 0.5) is 5.00 Å². The molecule has 3 aromatic rings. The standard InChI is InChI=1S/C31H32N2O5S/c1-31(2,3)19-14-15-22-24(17-19)39-27(25(22)30(37)38-4)32-26(34)23(16-18-10-6-5-7-11-18)33-28(35)20-12-8-9-13-21(20)29(33)36/h5-13,19,23H,14-17H2,1-4H3,(H,32,34). The lowest BCUT2D eigenvalue weighted by Gasteiger charge is -2.33. The normalized spacial score (nSPS) is 17.4. The van der Waals surface area contributed by atoms with Crippen molar-refractivity contribution in [2.75, 3.05) is 12.4 Å². The number of carbonyl (C=O) groups excluding carboxylic acids is 4. The van der Waals surface area contributed by atoms with Gasteiger partial charge >= 0.3 is 5.97 Å². The summed E-state index contributed by atoms with van der Waals surface area (Å²) in [5.74, 6) is -1.58. The number of esters is 1. The first-order chi connectivity index (χ1) is 18.6. The predicted octanol–water partition coefficient (Wildman–Crippen LogP) is 5.53. The summed E-state index contributed by atoms with van der Waals surface area (Å²) < 4.78 is 5.11. The fourth-order valence-electron chi connectivity index (χ4n) is 5.56. The molecule has 3 amide bonds. The molecule has 1 aromatic heterocycles. The van der Waals surface area contributed by atoms with Crippen LogP contribution in [0.5, 0.6) is 0 Å². The summed E-state index contributed by atoms with van der Waals surface area (Å²) in [6, 6.07) is 14.8. The van der Waals surface area contributed by atoms with Crippen LogP contribution in [0, 0.1) is 11.3 Å². The largest absolute Gasteiger partial charge is 0.465 e. The highest BCUT2D eigenvalue weighted by Gasteiger charge is 2.43. The minimum atomic E-state index is -1.10. The fraction of sp³-hybridized carbons (Fsp3) is 0.355. The first kappa shape index (κ1) is 26.8. The molecule has 2 aliphatic rings. The van der Waals surface area contributed by atoms with Gasteiger partial charge in [-0.15, -0.1) is 11.3 Å². The molecule has 0 fully saturated rings. The van der Waals surface area contributed by atoms with Gasteiger partial charge < -0.3 is 10.1 Å². The van der Waals surface area contributed by atoms with E-state index >= 15 is 0 Å². The molecule has 1 aliphatic carbocycles. The van der Waals surface area contributed by atoms with Crippen molar-refractivity contribution in [2.45, 2.75) is 52.5 Å². The number of imide groups is 1. The maximum Gasteiger partial charge on any atom is 0.341 e. The molecule has 39 heavy (non-hydrogen) atoms. The Morgan fingerprint density at radius 2 is 1.64 bits per heavy atom. The molecule has 0 bridgehead atoms. The van der Waals surface area contributed by atoms with E-state index in [2.05, 4.69) is 26.1 Å². The van der Waals surface area contributed by atoms with Gasteiger partial charge in [0.2, 0.25) is 5.91 Å². The second-order valence-corrected chi connectivity index (χ2v) is 12.3. The molecule has 8 heteroatoms. The second kappa shape index (κ2) is 10.4. The topological polar surface area (TPSA) is 92.8 Å². The summed E-state index contributed by atoms with van der Waals surface area (Å²) in [6.45, 7) is 6.66. The third-order valence-corrected chi connectivity index (χ3v) is 9.00. The highest BCUT2D eigenvalue weighted by atomic mass is 32.1. The van der Waals surface area contributed by atoms with Gasteiger partial charge in [-0.05, 0) is 53.9 Å². The number of thiophene rings is 1. The van der Waals surface area contributed by atoms with E-state index in [9.17, 15) is 19.2 Å². The Bertz CT molecular complexity index is 1420. The van der Waals surface area contributed by atoms with Crippen molar-refractivity contribution in [3.8, 4) is 0 Å². The number of anilines is 1. The van der Waals surface area contributed by atoms with Gasteiger partial charge in [0.05, 0.1) is 23.8 Å². The Morgan fingerprint density at radius 1 is 1.03 bits per heavy atom. The third-order valence-electron chi connectivity index (χ3n) is 7.83. The molecular weight excluding hydrogens is 512 g/mol. The Morgan fingerprint density at radius 3 is 2.23 bits per heavy atom. The maximum atomic E-state index is 13.9. The van der Waals surface area contributed by atoms with Gasteiger partial charge in [-0.25, -0.2) is 4.79 Å². The summed E-state index contributed by atoms with van der Waals surface area (Å²) in [4.78, 5) is 55.7. The zero-order chi connectivity index (χ0) is 27.9. The number of hydrogen-bond donors (Lipinski definition) is 1. The molecule has 0 saturated carbocycles. The predicted molar refractivity (Wildman–Crippen MR) is 150 cm³/mol. The third kappa shape index (κ3) is 5.01. The van der Waals surface area contributed by atoms with Crippen molar-refractivity contribution >= 4 is 40.0 Å². The summed E-state index contributed by atoms with van der Waals surface area (Å²) >= 11 is 1.39. The lowest BCUT2D eigenvalue weighted by Crippen LogP contribution is -2.48. The summed E-state index contributed by atoms with van der Waals surface area (Å²) in [5.41, 5.74) is 2.78. The number of amides is 3. The van der Waals surface area contributed by atoms with Crippen LogP contribution < -0.4 is 5.32 Å². The number of nitrogens with one attached hydrogen (secondary N) is 1. The quantitative estimate of drug-likeness (QED) is 0.325. The van der Waals surface area contributed by atoms with Crippen LogP contribution in [0.1, 0.15) is 74.3 Å². The van der Waals surface area contributed by atoms with Gasteiger partial charge in [-0.2, -0.15) is 0 Å². The maximum absolute atomic E-state index is 13.9. The Labute approximate surface area is 232 Å². The zero-order valence-electron chi connectivity index (χ0n) is 22.6. The summed E-state index contributed by atoms with van der Waals surface area (Å²) in [7, 11) is 1.33. The molecule has 2 atom stereocenters. The number of nitrogens with zero attached hydrogens (tertiary/aromatic N) is 1. The van der Waals surface area contributed by atoms with Crippen molar-refractivity contribution in [1.29, 1.82) is 0 Å². The van der Waals surface area contributed by atoms with Gasteiger partial charge in [-0.1, -0.05) is 63.2 Å². The number of hydrogen-bond acceptors (Lipinski definition) is 6. The van der Waals surface area contributed by atoms with E-state index in [1.54, 1.807) is 24.3 Å². The van der Waals surface area contributed by atoms with E-state index in [0.717, 1.165) is 40.2 Å². The van der Waals surface area contributed by atoms with Crippen LogP contribution in [0.25, 0.3) is 0 Å². The number of carbonyl (C=O) groups is 4. The van der Waals surface area contributed by atoms with Crippen molar-refractivity contribution in [2.24, 2.45) is 11.3 Å². The van der Waals surface area contributed by atoms with Gasteiger partial charge in [0.1, 0.15) is 11.0 Å². The van der Waals surface area contributed by atoms with Crippen LogP contribution in [0.2, 0.25) is 0 Å². The van der Waals surface area contributed by atoms with Crippen LogP contribution in [-0.4, -0.2) is 41.7 Å². The fourth-order valence-corrected chi connectivity index (χ4v) is 6.87. The van der Waals surface area contributed by atoms with Crippen LogP contribution in [-0.2, 0) is 28.8 Å². The first-order valence-corrected chi connectivity index (χ1v) is 14.0. The van der Waals surface area contributed by atoms with Crippen LogP contribution in [0.3, 0.4) is 0 Å². The molecule has 0 radical (unpaired) electrons. The molecule has 1 aliphatic heterocycles. The average Bonchev–Trinajstić information content (AvgIpc) is 3.40. The molecule has 2 aromatic carbocycles. The second-order valence-electron chi connectivity index (χ2n) is 11.2. The monoisotopic (exact) mass is 544 g/mol. The van der Waals surface area contributed by atoms with Gasteiger partial charge in [-0.3, -0.25) is 19.3 Å². The number of ether oxygens (including phenoxy) is 1. The molecule has 1 N–H and O–H groups in total. The van der Waals surface area contributed by atoms with Crippen molar-refractivity contribution < 1.29 is 23.9 Å². The lowest BCUT2D eigenvalue weighted by atomic mass is 9.72. The molecule has 7 nitrogen and oxygen atoms in total. The minimum Gasteiger partial charge on any atom is -0.465 e. The Hall–Kier alpha value is -3.78.